The first kappa shape index (κ1) is 20.0. The molecule has 5 nitrogen and oxygen atoms in total. The quantitative estimate of drug-likeness (QED) is 0.758. The van der Waals surface area contributed by atoms with E-state index in [4.69, 9.17) is 4.74 Å². The zero-order valence-corrected chi connectivity index (χ0v) is 16.0. The average molecular weight is 353 g/mol. The van der Waals surface area contributed by atoms with Crippen LogP contribution in [-0.2, 0) is 4.74 Å². The van der Waals surface area contributed by atoms with Crippen LogP contribution in [0.25, 0.3) is 10.6 Å². The number of thiazole rings is 1. The number of amides is 1. The Morgan fingerprint density at radius 2 is 1.92 bits per heavy atom. The smallest absolute Gasteiger partial charge is 0.415 e. The molecular formula is C17H24FN3O2S. The lowest BCUT2D eigenvalue weighted by Crippen LogP contribution is -2.34. The van der Waals surface area contributed by atoms with Gasteiger partial charge in [0.15, 0.2) is 0 Å². The minimum atomic E-state index is -0.570. The third-order valence-electron chi connectivity index (χ3n) is 2.70. The molecule has 132 valence electrons. The molecule has 0 bridgehead atoms. The molecule has 0 fully saturated rings. The normalized spacial score (nSPS) is 10.7. The first-order valence-electron chi connectivity index (χ1n) is 7.72. The molecule has 24 heavy (non-hydrogen) atoms. The molecule has 2 rings (SSSR count). The second-order valence-corrected chi connectivity index (χ2v) is 6.82. The van der Waals surface area contributed by atoms with Gasteiger partial charge in [-0.2, -0.15) is 0 Å². The van der Waals surface area contributed by atoms with Gasteiger partial charge < -0.3 is 4.74 Å². The fourth-order valence-corrected chi connectivity index (χ4v) is 2.77. The maximum absolute atomic E-state index is 13.3. The Hall–Kier alpha value is -2.02. The minimum Gasteiger partial charge on any atom is -0.443 e. The lowest BCUT2D eigenvalue weighted by Gasteiger charge is -2.23. The van der Waals surface area contributed by atoms with Crippen LogP contribution in [0.4, 0.5) is 14.2 Å². The largest absolute Gasteiger partial charge is 0.443 e. The Balaban J connectivity index is 0.00000139. The number of carbonyl (C=O) groups excluding carboxylic acids is 1. The van der Waals surface area contributed by atoms with Gasteiger partial charge in [0, 0.05) is 18.8 Å². The van der Waals surface area contributed by atoms with Crippen molar-refractivity contribution in [3.63, 3.8) is 0 Å². The second kappa shape index (κ2) is 8.19. The van der Waals surface area contributed by atoms with Gasteiger partial charge in [-0.3, -0.25) is 9.88 Å². The van der Waals surface area contributed by atoms with Gasteiger partial charge in [-0.1, -0.05) is 25.2 Å². The van der Waals surface area contributed by atoms with Crippen LogP contribution in [0.3, 0.4) is 0 Å². The molecule has 0 aliphatic heterocycles. The first-order valence-corrected chi connectivity index (χ1v) is 8.54. The van der Waals surface area contributed by atoms with Gasteiger partial charge in [0.25, 0.3) is 0 Å². The Kier molecular flexibility index (Phi) is 6.83. The Morgan fingerprint density at radius 1 is 1.29 bits per heavy atom. The highest BCUT2D eigenvalue weighted by Crippen LogP contribution is 2.34. The predicted molar refractivity (Wildman–Crippen MR) is 96.0 cm³/mol. The summed E-state index contributed by atoms with van der Waals surface area (Å²) >= 11 is 1.29. The highest BCUT2D eigenvalue weighted by atomic mass is 32.1. The molecular weight excluding hydrogens is 329 g/mol. The zero-order chi connectivity index (χ0) is 18.5. The molecule has 0 aliphatic rings. The van der Waals surface area contributed by atoms with Crippen LogP contribution in [0.2, 0.25) is 0 Å². The maximum Gasteiger partial charge on any atom is 0.415 e. The SMILES string of the molecule is CC.Cc1nc(-c2cncc(F)c2)sc1N(C)C(=O)OC(C)(C)C. The van der Waals surface area contributed by atoms with Crippen LogP contribution in [-0.4, -0.2) is 28.7 Å². The predicted octanol–water partition coefficient (Wildman–Crippen LogP) is 5.05. The number of ether oxygens (including phenoxy) is 1. The van der Waals surface area contributed by atoms with E-state index in [1.807, 2.05) is 34.6 Å². The molecule has 0 unspecified atom stereocenters. The Bertz CT molecular complexity index is 695. The second-order valence-electron chi connectivity index (χ2n) is 5.84. The van der Waals surface area contributed by atoms with E-state index in [0.29, 0.717) is 21.3 Å². The summed E-state index contributed by atoms with van der Waals surface area (Å²) in [6.45, 7) is 11.2. The number of aryl methyl sites for hydroxylation is 1. The molecule has 2 heterocycles. The number of hydrogen-bond donors (Lipinski definition) is 0. The van der Waals surface area contributed by atoms with Gasteiger partial charge in [0.1, 0.15) is 21.4 Å². The van der Waals surface area contributed by atoms with E-state index in [9.17, 15) is 9.18 Å². The fraction of sp³-hybridized carbons (Fsp3) is 0.471. The van der Waals surface area contributed by atoms with Crippen LogP contribution < -0.4 is 4.90 Å². The van der Waals surface area contributed by atoms with Crippen molar-refractivity contribution in [2.45, 2.75) is 47.1 Å². The average Bonchev–Trinajstić information content (AvgIpc) is 2.89. The van der Waals surface area contributed by atoms with Crippen molar-refractivity contribution in [1.82, 2.24) is 9.97 Å². The summed E-state index contributed by atoms with van der Waals surface area (Å²) in [6.07, 6.45) is 2.22. The molecule has 2 aromatic rings. The number of aromatic nitrogens is 2. The summed E-state index contributed by atoms with van der Waals surface area (Å²) in [5.41, 5.74) is 0.689. The van der Waals surface area contributed by atoms with Crippen molar-refractivity contribution in [2.24, 2.45) is 0 Å². The molecule has 0 N–H and O–H groups in total. The van der Waals surface area contributed by atoms with E-state index in [0.717, 1.165) is 6.20 Å². The van der Waals surface area contributed by atoms with E-state index in [1.165, 1.54) is 22.3 Å². The van der Waals surface area contributed by atoms with Gasteiger partial charge in [-0.15, -0.1) is 0 Å². The molecule has 0 aliphatic carbocycles. The number of nitrogens with zero attached hydrogens (tertiary/aromatic N) is 3. The summed E-state index contributed by atoms with van der Waals surface area (Å²) in [7, 11) is 1.63. The van der Waals surface area contributed by atoms with Crippen LogP contribution >= 0.6 is 11.3 Å². The maximum atomic E-state index is 13.3. The Labute approximate surface area is 146 Å². The highest BCUT2D eigenvalue weighted by Gasteiger charge is 2.24. The lowest BCUT2D eigenvalue weighted by atomic mass is 10.2. The minimum absolute atomic E-state index is 0.424. The van der Waals surface area contributed by atoms with E-state index in [-0.39, 0.29) is 0 Å². The van der Waals surface area contributed by atoms with Crippen LogP contribution in [0.1, 0.15) is 40.3 Å². The highest BCUT2D eigenvalue weighted by molar-refractivity contribution is 7.19. The van der Waals surface area contributed by atoms with Gasteiger partial charge in [-0.05, 0) is 33.8 Å². The standard InChI is InChI=1S/C15H18FN3O2S.C2H6/c1-9-13(19(5)14(20)21-15(2,3)4)22-12(18-9)10-6-11(16)8-17-7-10;1-2/h6-8H,1-5H3;1-2H3. The van der Waals surface area contributed by atoms with Crippen molar-refractivity contribution < 1.29 is 13.9 Å². The summed E-state index contributed by atoms with van der Waals surface area (Å²) in [4.78, 5) is 21.7. The van der Waals surface area contributed by atoms with Crippen LogP contribution in [0.15, 0.2) is 18.5 Å². The van der Waals surface area contributed by atoms with Gasteiger partial charge >= 0.3 is 6.09 Å². The lowest BCUT2D eigenvalue weighted by molar-refractivity contribution is 0.0590. The van der Waals surface area contributed by atoms with Gasteiger partial charge in [-0.25, -0.2) is 14.2 Å². The molecule has 0 saturated carbocycles. The topological polar surface area (TPSA) is 55.3 Å². The van der Waals surface area contributed by atoms with E-state index >= 15 is 0 Å². The third kappa shape index (κ3) is 5.26. The third-order valence-corrected chi connectivity index (χ3v) is 3.98. The van der Waals surface area contributed by atoms with Crippen molar-refractivity contribution >= 4 is 22.4 Å². The first-order chi connectivity index (χ1) is 11.2. The molecule has 7 heteroatoms. The van der Waals surface area contributed by atoms with E-state index in [2.05, 4.69) is 9.97 Å². The van der Waals surface area contributed by atoms with Crippen molar-refractivity contribution in [3.8, 4) is 10.6 Å². The van der Waals surface area contributed by atoms with Gasteiger partial charge in [0.2, 0.25) is 0 Å². The number of carbonyl (C=O) groups is 1. The summed E-state index contributed by atoms with van der Waals surface area (Å²) in [5.74, 6) is -0.424. The van der Waals surface area contributed by atoms with Crippen molar-refractivity contribution in [2.75, 3.05) is 11.9 Å². The van der Waals surface area contributed by atoms with Gasteiger partial charge in [0.05, 0.1) is 11.9 Å². The van der Waals surface area contributed by atoms with E-state index < -0.39 is 17.5 Å². The zero-order valence-electron chi connectivity index (χ0n) is 15.2. The molecule has 0 spiro atoms. The van der Waals surface area contributed by atoms with Crippen molar-refractivity contribution in [3.05, 3.63) is 30.0 Å². The fourth-order valence-electron chi connectivity index (χ4n) is 1.77. The summed E-state index contributed by atoms with van der Waals surface area (Å²) in [5, 5.41) is 1.27. The molecule has 2 aromatic heterocycles. The van der Waals surface area contributed by atoms with Crippen molar-refractivity contribution in [1.29, 1.82) is 0 Å². The number of rotatable bonds is 2. The Morgan fingerprint density at radius 3 is 2.46 bits per heavy atom. The molecule has 0 atom stereocenters. The summed E-state index contributed by atoms with van der Waals surface area (Å²) < 4.78 is 18.6. The van der Waals surface area contributed by atoms with Crippen LogP contribution in [0.5, 0.6) is 0 Å². The molecule has 0 aromatic carbocycles. The molecule has 1 amide bonds. The van der Waals surface area contributed by atoms with E-state index in [1.54, 1.807) is 20.2 Å². The number of hydrogen-bond acceptors (Lipinski definition) is 5. The monoisotopic (exact) mass is 353 g/mol. The van der Waals surface area contributed by atoms with Crippen LogP contribution in [0, 0.1) is 12.7 Å². The summed E-state index contributed by atoms with van der Waals surface area (Å²) in [6, 6.07) is 1.36. The number of pyridine rings is 1. The number of anilines is 1. The molecule has 0 radical (unpaired) electrons. The molecule has 0 saturated heterocycles. The number of halogens is 1.